The van der Waals surface area contributed by atoms with E-state index in [0.29, 0.717) is 55.2 Å². The zero-order valence-electron chi connectivity index (χ0n) is 18.7. The first-order valence-corrected chi connectivity index (χ1v) is 11.3. The molecule has 0 spiro atoms. The molecule has 2 aliphatic rings. The Balaban J connectivity index is 1.29. The van der Waals surface area contributed by atoms with Crippen molar-refractivity contribution in [3.8, 4) is 23.1 Å². The van der Waals surface area contributed by atoms with Crippen molar-refractivity contribution in [3.63, 3.8) is 0 Å². The second-order valence-electron chi connectivity index (χ2n) is 8.02. The summed E-state index contributed by atoms with van der Waals surface area (Å²) in [6.45, 7) is 4.35. The molecule has 1 aromatic carbocycles. The van der Waals surface area contributed by atoms with Crippen LogP contribution >= 0.6 is 0 Å². The van der Waals surface area contributed by atoms with Gasteiger partial charge in [0.25, 0.3) is 0 Å². The van der Waals surface area contributed by atoms with Crippen LogP contribution in [0, 0.1) is 11.3 Å². The molecule has 174 valence electrons. The highest BCUT2D eigenvalue weighted by atomic mass is 16.5. The van der Waals surface area contributed by atoms with Crippen molar-refractivity contribution in [3.05, 3.63) is 48.2 Å². The number of nitrogens with one attached hydrogen (secondary N) is 1. The topological polar surface area (TPSA) is 118 Å². The van der Waals surface area contributed by atoms with Gasteiger partial charge in [0.15, 0.2) is 11.6 Å². The summed E-state index contributed by atoms with van der Waals surface area (Å²) in [5.41, 5.74) is 1.96. The highest BCUT2D eigenvalue weighted by Gasteiger charge is 2.18. The minimum Gasteiger partial charge on any atom is -0.489 e. The van der Waals surface area contributed by atoms with Crippen molar-refractivity contribution >= 4 is 17.6 Å². The third-order valence-corrected chi connectivity index (χ3v) is 5.74. The number of hydrogen-bond donors (Lipinski definition) is 1. The summed E-state index contributed by atoms with van der Waals surface area (Å²) in [7, 11) is 0. The van der Waals surface area contributed by atoms with Crippen molar-refractivity contribution in [2.75, 3.05) is 49.7 Å². The quantitative estimate of drug-likeness (QED) is 0.589. The molecule has 0 unspecified atom stereocenters. The van der Waals surface area contributed by atoms with Crippen LogP contribution in [0.2, 0.25) is 0 Å². The molecule has 10 nitrogen and oxygen atoms in total. The van der Waals surface area contributed by atoms with Gasteiger partial charge in [0.05, 0.1) is 37.7 Å². The number of rotatable bonds is 6. The molecule has 3 aromatic rings. The van der Waals surface area contributed by atoms with Gasteiger partial charge in [-0.05, 0) is 36.4 Å². The summed E-state index contributed by atoms with van der Waals surface area (Å²) in [6.07, 6.45) is 3.38. The van der Waals surface area contributed by atoms with Crippen LogP contribution < -0.4 is 15.0 Å². The molecule has 34 heavy (non-hydrogen) atoms. The molecule has 0 radical (unpaired) electrons. The van der Waals surface area contributed by atoms with Gasteiger partial charge in [0.1, 0.15) is 17.9 Å². The van der Waals surface area contributed by atoms with Gasteiger partial charge in [0, 0.05) is 37.7 Å². The first-order valence-electron chi connectivity index (χ1n) is 11.3. The van der Waals surface area contributed by atoms with E-state index in [1.807, 2.05) is 24.3 Å². The van der Waals surface area contributed by atoms with Crippen LogP contribution in [0.1, 0.15) is 18.4 Å². The minimum atomic E-state index is 0.0669. The largest absolute Gasteiger partial charge is 0.489 e. The maximum Gasteiger partial charge on any atom is 0.228 e. The molecule has 2 aromatic heterocycles. The molecular formula is C24H25N7O3. The lowest BCUT2D eigenvalue weighted by Gasteiger charge is -2.27. The Morgan fingerprint density at radius 2 is 1.82 bits per heavy atom. The number of anilines is 3. The Bertz CT molecular complexity index is 1150. The normalized spacial score (nSPS) is 16.6. The van der Waals surface area contributed by atoms with E-state index >= 15 is 0 Å². The van der Waals surface area contributed by atoms with Crippen LogP contribution in [-0.2, 0) is 9.47 Å². The molecule has 5 rings (SSSR count). The van der Waals surface area contributed by atoms with Crippen LogP contribution in [0.4, 0.5) is 17.6 Å². The van der Waals surface area contributed by atoms with Crippen LogP contribution in [-0.4, -0.2) is 65.8 Å². The number of hydrogen-bond acceptors (Lipinski definition) is 10. The first kappa shape index (κ1) is 22.0. The van der Waals surface area contributed by atoms with Gasteiger partial charge in [-0.25, -0.2) is 9.97 Å². The molecule has 0 amide bonds. The first-order chi connectivity index (χ1) is 16.8. The number of morpholine rings is 1. The molecule has 0 saturated carbocycles. The molecule has 1 N–H and O–H groups in total. The van der Waals surface area contributed by atoms with Gasteiger partial charge in [0.2, 0.25) is 5.95 Å². The highest BCUT2D eigenvalue weighted by Crippen LogP contribution is 2.28. The van der Waals surface area contributed by atoms with Crippen molar-refractivity contribution in [1.29, 1.82) is 5.26 Å². The van der Waals surface area contributed by atoms with Gasteiger partial charge >= 0.3 is 0 Å². The van der Waals surface area contributed by atoms with Crippen molar-refractivity contribution in [1.82, 2.24) is 20.2 Å². The van der Waals surface area contributed by atoms with E-state index in [1.165, 1.54) is 0 Å². The van der Waals surface area contributed by atoms with Crippen molar-refractivity contribution in [2.45, 2.75) is 18.9 Å². The Kier molecular flexibility index (Phi) is 6.74. The summed E-state index contributed by atoms with van der Waals surface area (Å²) in [4.78, 5) is 11.0. The second kappa shape index (κ2) is 10.4. The van der Waals surface area contributed by atoms with E-state index in [2.05, 4.69) is 36.5 Å². The summed E-state index contributed by atoms with van der Waals surface area (Å²) < 4.78 is 16.8. The van der Waals surface area contributed by atoms with Gasteiger partial charge in [-0.15, -0.1) is 10.2 Å². The monoisotopic (exact) mass is 459 g/mol. The van der Waals surface area contributed by atoms with E-state index < -0.39 is 0 Å². The minimum absolute atomic E-state index is 0.0669. The summed E-state index contributed by atoms with van der Waals surface area (Å²) in [5, 5.41) is 21.3. The standard InChI is InChI=1S/C24H25N7O3/c25-16-18-15-17(1-2-21(18)34-19-6-11-32-12-7-19)20-5-8-26-24(27-20)28-22-3-4-23(30-29-22)31-9-13-33-14-10-31/h1-5,8,15,19H,6-7,9-14H2,(H,26,27,28,29). The van der Waals surface area contributed by atoms with Gasteiger partial charge in [-0.3, -0.25) is 0 Å². The molecule has 0 bridgehead atoms. The molecule has 2 aliphatic heterocycles. The fourth-order valence-corrected chi connectivity index (χ4v) is 3.90. The third-order valence-electron chi connectivity index (χ3n) is 5.74. The molecular weight excluding hydrogens is 434 g/mol. The lowest BCUT2D eigenvalue weighted by molar-refractivity contribution is 0.0254. The predicted molar refractivity (Wildman–Crippen MR) is 125 cm³/mol. The highest BCUT2D eigenvalue weighted by molar-refractivity contribution is 5.65. The van der Waals surface area contributed by atoms with Crippen molar-refractivity contribution < 1.29 is 14.2 Å². The fraction of sp³-hybridized carbons (Fsp3) is 0.375. The predicted octanol–water partition coefficient (Wildman–Crippen LogP) is 2.94. The molecule has 2 fully saturated rings. The van der Waals surface area contributed by atoms with Crippen LogP contribution in [0.3, 0.4) is 0 Å². The molecule has 0 atom stereocenters. The molecule has 0 aliphatic carbocycles. The maximum atomic E-state index is 9.66. The van der Waals surface area contributed by atoms with E-state index in [0.717, 1.165) is 37.3 Å². The van der Waals surface area contributed by atoms with E-state index in [4.69, 9.17) is 14.2 Å². The summed E-state index contributed by atoms with van der Waals surface area (Å²) >= 11 is 0. The number of nitrogens with zero attached hydrogens (tertiary/aromatic N) is 6. The third kappa shape index (κ3) is 5.22. The van der Waals surface area contributed by atoms with E-state index in [9.17, 15) is 5.26 Å². The molecule has 2 saturated heterocycles. The fourth-order valence-electron chi connectivity index (χ4n) is 3.90. The number of aromatic nitrogens is 4. The summed E-state index contributed by atoms with van der Waals surface area (Å²) in [5.74, 6) is 2.34. The molecule has 10 heteroatoms. The van der Waals surface area contributed by atoms with Gasteiger partial charge in [-0.1, -0.05) is 0 Å². The Hall–Kier alpha value is -3.81. The maximum absolute atomic E-state index is 9.66. The lowest BCUT2D eigenvalue weighted by atomic mass is 10.1. The lowest BCUT2D eigenvalue weighted by Crippen LogP contribution is -2.36. The zero-order valence-corrected chi connectivity index (χ0v) is 18.7. The van der Waals surface area contributed by atoms with Crippen LogP contribution in [0.15, 0.2) is 42.6 Å². The van der Waals surface area contributed by atoms with Crippen molar-refractivity contribution in [2.24, 2.45) is 0 Å². The summed E-state index contributed by atoms with van der Waals surface area (Å²) in [6, 6.07) is 13.3. The van der Waals surface area contributed by atoms with Gasteiger partial charge < -0.3 is 24.4 Å². The number of nitriles is 1. The van der Waals surface area contributed by atoms with Crippen LogP contribution in [0.5, 0.6) is 5.75 Å². The Morgan fingerprint density at radius 3 is 2.59 bits per heavy atom. The Labute approximate surface area is 197 Å². The van der Waals surface area contributed by atoms with E-state index in [1.54, 1.807) is 18.3 Å². The molecule has 4 heterocycles. The zero-order chi connectivity index (χ0) is 23.2. The average molecular weight is 460 g/mol. The number of ether oxygens (including phenoxy) is 3. The number of benzene rings is 1. The van der Waals surface area contributed by atoms with Gasteiger partial charge in [-0.2, -0.15) is 5.26 Å². The average Bonchev–Trinajstić information content (AvgIpc) is 2.91. The SMILES string of the molecule is N#Cc1cc(-c2ccnc(Nc3ccc(N4CCOCC4)nn3)n2)ccc1OC1CCOCC1. The van der Waals surface area contributed by atoms with Crippen LogP contribution in [0.25, 0.3) is 11.3 Å². The van der Waals surface area contributed by atoms with E-state index in [-0.39, 0.29) is 6.10 Å². The Morgan fingerprint density at radius 1 is 1.00 bits per heavy atom. The smallest absolute Gasteiger partial charge is 0.228 e. The second-order valence-corrected chi connectivity index (χ2v) is 8.02.